The molecular formula is C28H30N4O10S. The molecule has 1 unspecified atom stereocenters. The molecule has 0 spiro atoms. The van der Waals surface area contributed by atoms with Crippen LogP contribution in [-0.4, -0.2) is 67.4 Å². The minimum absolute atomic E-state index is 0.0320. The zero-order valence-corrected chi connectivity index (χ0v) is 24.8. The Hall–Kier alpha value is -4.73. The first-order valence-corrected chi connectivity index (χ1v) is 13.7. The zero-order chi connectivity index (χ0) is 31.8. The highest BCUT2D eigenvalue weighted by molar-refractivity contribution is 8.03. The van der Waals surface area contributed by atoms with Gasteiger partial charge in [0.1, 0.15) is 24.3 Å². The maximum Gasteiger partial charge on any atom is 0.303 e. The fourth-order valence-electron chi connectivity index (χ4n) is 4.55. The van der Waals surface area contributed by atoms with Gasteiger partial charge in [0.05, 0.1) is 41.3 Å². The van der Waals surface area contributed by atoms with Gasteiger partial charge in [0.2, 0.25) is 0 Å². The number of hydrogen-bond acceptors (Lipinski definition) is 15. The highest BCUT2D eigenvalue weighted by atomic mass is 32.2. The molecule has 6 atom stereocenters. The Morgan fingerprint density at radius 3 is 1.95 bits per heavy atom. The molecule has 1 aromatic rings. The second kappa shape index (κ2) is 14.4. The summed E-state index contributed by atoms with van der Waals surface area (Å²) in [4.78, 5) is 47.9. The van der Waals surface area contributed by atoms with E-state index < -0.39 is 66.3 Å². The molecule has 15 heteroatoms. The van der Waals surface area contributed by atoms with Crippen molar-refractivity contribution in [1.29, 1.82) is 10.5 Å². The molecule has 43 heavy (non-hydrogen) atoms. The van der Waals surface area contributed by atoms with Gasteiger partial charge in [-0.15, -0.1) is 0 Å². The molecule has 1 aromatic carbocycles. The lowest BCUT2D eigenvalue weighted by atomic mass is 9.84. The summed E-state index contributed by atoms with van der Waals surface area (Å²) in [5.41, 5.74) is 5.76. The molecular weight excluding hydrogens is 584 g/mol. The predicted molar refractivity (Wildman–Crippen MR) is 148 cm³/mol. The summed E-state index contributed by atoms with van der Waals surface area (Å²) in [5.74, 6) is -3.33. The van der Waals surface area contributed by atoms with Crippen molar-refractivity contribution in [2.45, 2.75) is 63.5 Å². The number of nitrogens with one attached hydrogen (secondary N) is 1. The number of thioether (sulfide) groups is 1. The third-order valence-electron chi connectivity index (χ3n) is 6.23. The van der Waals surface area contributed by atoms with Gasteiger partial charge in [-0.25, -0.2) is 0 Å². The van der Waals surface area contributed by atoms with Crippen LogP contribution < -0.4 is 15.8 Å². The van der Waals surface area contributed by atoms with Gasteiger partial charge in [0.25, 0.3) is 0 Å². The summed E-state index contributed by atoms with van der Waals surface area (Å²) in [6.45, 7) is 4.10. The van der Waals surface area contributed by atoms with Gasteiger partial charge in [-0.3, -0.25) is 19.2 Å². The van der Waals surface area contributed by atoms with Crippen LogP contribution in [0, 0.1) is 22.7 Å². The molecule has 0 amide bonds. The summed E-state index contributed by atoms with van der Waals surface area (Å²) in [6, 6.07) is 10.9. The van der Waals surface area contributed by atoms with Crippen LogP contribution in [-0.2, 0) is 42.9 Å². The number of esters is 4. The van der Waals surface area contributed by atoms with Gasteiger partial charge < -0.3 is 39.5 Å². The molecule has 0 bridgehead atoms. The summed E-state index contributed by atoms with van der Waals surface area (Å²) < 4.78 is 32.9. The minimum atomic E-state index is -1.40. The van der Waals surface area contributed by atoms with E-state index in [1.165, 1.54) is 7.11 Å². The lowest BCUT2D eigenvalue weighted by molar-refractivity contribution is -0.237. The first kappa shape index (κ1) is 32.8. The van der Waals surface area contributed by atoms with E-state index in [0.717, 1.165) is 39.5 Å². The van der Waals surface area contributed by atoms with Crippen LogP contribution in [0.5, 0.6) is 5.75 Å². The molecule has 1 fully saturated rings. The third kappa shape index (κ3) is 7.97. The zero-order valence-electron chi connectivity index (χ0n) is 23.9. The molecule has 228 valence electrons. The average Bonchev–Trinajstić information content (AvgIpc) is 2.94. The Morgan fingerprint density at radius 2 is 1.44 bits per heavy atom. The Labute approximate surface area is 251 Å². The van der Waals surface area contributed by atoms with E-state index in [9.17, 15) is 29.7 Å². The molecule has 2 aliphatic rings. The van der Waals surface area contributed by atoms with E-state index >= 15 is 0 Å². The van der Waals surface area contributed by atoms with Crippen molar-refractivity contribution in [3.05, 3.63) is 51.8 Å². The second-order valence-electron chi connectivity index (χ2n) is 9.31. The third-order valence-corrected chi connectivity index (χ3v) is 7.40. The Morgan fingerprint density at radius 1 is 0.884 bits per heavy atom. The van der Waals surface area contributed by atoms with Crippen molar-refractivity contribution in [2.75, 3.05) is 13.7 Å². The molecule has 14 nitrogen and oxygen atoms in total. The normalized spacial score (nSPS) is 24.9. The summed E-state index contributed by atoms with van der Waals surface area (Å²) in [5, 5.41) is 23.2. The van der Waals surface area contributed by atoms with Crippen molar-refractivity contribution in [3.8, 4) is 17.9 Å². The molecule has 0 radical (unpaired) electrons. The van der Waals surface area contributed by atoms with Gasteiger partial charge in [0.15, 0.2) is 23.7 Å². The fraction of sp³-hybridized carbons (Fsp3) is 0.429. The quantitative estimate of drug-likeness (QED) is 0.299. The number of allylic oxidation sites excluding steroid dienone is 2. The van der Waals surface area contributed by atoms with Gasteiger partial charge >= 0.3 is 23.9 Å². The lowest BCUT2D eigenvalue weighted by Gasteiger charge is -2.44. The van der Waals surface area contributed by atoms with Gasteiger partial charge in [-0.2, -0.15) is 10.5 Å². The Kier molecular flexibility index (Phi) is 11.0. The molecule has 3 rings (SSSR count). The molecule has 2 heterocycles. The number of benzene rings is 1. The van der Waals surface area contributed by atoms with Crippen LogP contribution in [0.15, 0.2) is 46.3 Å². The van der Waals surface area contributed by atoms with Crippen LogP contribution >= 0.6 is 11.8 Å². The number of dihydropyridines is 1. The highest BCUT2D eigenvalue weighted by Gasteiger charge is 2.53. The maximum atomic E-state index is 12.2. The van der Waals surface area contributed by atoms with Gasteiger partial charge in [-0.1, -0.05) is 23.9 Å². The van der Waals surface area contributed by atoms with Gasteiger partial charge in [0, 0.05) is 27.7 Å². The van der Waals surface area contributed by atoms with Crippen LogP contribution in [0.4, 0.5) is 0 Å². The van der Waals surface area contributed by atoms with E-state index in [2.05, 4.69) is 17.5 Å². The molecule has 1 saturated heterocycles. The standard InChI is InChI=1S/C28H30N4O10S/c1-13(33)38-12-21-23(39-14(2)34)24(40-15(3)35)25(41-16(4)36)28(42-21)43-27-20(11-30)22(19(10-29)26(31)32-27)17-6-8-18(37-5)9-7-17/h6-9,21-25,28,32H,12,31H2,1-5H3/t21-,22?,23+,24+,25-,28+/m1/s1. The van der Waals surface area contributed by atoms with E-state index in [-0.39, 0.29) is 22.0 Å². The van der Waals surface area contributed by atoms with Crippen molar-refractivity contribution in [1.82, 2.24) is 5.32 Å². The predicted octanol–water partition coefficient (Wildman–Crippen LogP) is 1.63. The fourth-order valence-corrected chi connectivity index (χ4v) is 5.78. The summed E-state index contributed by atoms with van der Waals surface area (Å²) in [7, 11) is 1.50. The number of carbonyl (C=O) groups is 4. The number of ether oxygens (including phenoxy) is 6. The average molecular weight is 615 g/mol. The summed E-state index contributed by atoms with van der Waals surface area (Å²) in [6.07, 6.45) is -5.30. The van der Waals surface area contributed by atoms with Crippen LogP contribution in [0.3, 0.4) is 0 Å². The molecule has 2 aliphatic heterocycles. The number of rotatable bonds is 9. The van der Waals surface area contributed by atoms with E-state index in [1.807, 2.05) is 0 Å². The summed E-state index contributed by atoms with van der Waals surface area (Å²) >= 11 is 0.862. The van der Waals surface area contributed by atoms with E-state index in [1.54, 1.807) is 24.3 Å². The SMILES string of the molecule is COc1ccc(C2C(C#N)=C(N)NC(S[C@@H]3O[C@H](COC(C)=O)[C@H](OC(C)=O)[C@H](OC(C)=O)[C@H]3OC(C)=O)=C2C#N)cc1. The van der Waals surface area contributed by atoms with Crippen LogP contribution in [0.1, 0.15) is 39.2 Å². The highest BCUT2D eigenvalue weighted by Crippen LogP contribution is 2.43. The number of nitrogens with two attached hydrogens (primary N) is 1. The van der Waals surface area contributed by atoms with Crippen molar-refractivity contribution in [2.24, 2.45) is 5.73 Å². The Bertz CT molecular complexity index is 1410. The number of methoxy groups -OCH3 is 1. The molecule has 0 saturated carbocycles. The van der Waals surface area contributed by atoms with Crippen molar-refractivity contribution < 1.29 is 47.6 Å². The maximum absolute atomic E-state index is 12.2. The van der Waals surface area contributed by atoms with Crippen molar-refractivity contribution >= 4 is 35.6 Å². The van der Waals surface area contributed by atoms with E-state index in [0.29, 0.717) is 11.3 Å². The first-order chi connectivity index (χ1) is 20.4. The topological polar surface area (TPSA) is 209 Å². The largest absolute Gasteiger partial charge is 0.497 e. The minimum Gasteiger partial charge on any atom is -0.497 e. The van der Waals surface area contributed by atoms with Crippen LogP contribution in [0.2, 0.25) is 0 Å². The number of carbonyl (C=O) groups excluding carboxylic acids is 4. The van der Waals surface area contributed by atoms with Gasteiger partial charge in [-0.05, 0) is 17.7 Å². The number of nitriles is 2. The molecule has 0 aromatic heterocycles. The lowest BCUT2D eigenvalue weighted by Crippen LogP contribution is -2.61. The molecule has 0 aliphatic carbocycles. The molecule has 3 N–H and O–H groups in total. The number of hydrogen-bond donors (Lipinski definition) is 2. The first-order valence-electron chi connectivity index (χ1n) is 12.8. The van der Waals surface area contributed by atoms with Crippen LogP contribution in [0.25, 0.3) is 0 Å². The monoisotopic (exact) mass is 614 g/mol. The second-order valence-corrected chi connectivity index (χ2v) is 10.4. The smallest absolute Gasteiger partial charge is 0.303 e. The van der Waals surface area contributed by atoms with E-state index in [4.69, 9.17) is 34.2 Å². The van der Waals surface area contributed by atoms with Crippen molar-refractivity contribution in [3.63, 3.8) is 0 Å². The Balaban J connectivity index is 2.13. The number of nitrogens with zero attached hydrogens (tertiary/aromatic N) is 2.